The molecule has 0 saturated carbocycles. The van der Waals surface area contributed by atoms with Crippen LogP contribution in [0.1, 0.15) is 29.4 Å². The summed E-state index contributed by atoms with van der Waals surface area (Å²) in [4.78, 5) is 12.5. The molecule has 1 N–H and O–H groups in total. The van der Waals surface area contributed by atoms with E-state index in [0.717, 1.165) is 23.4 Å². The number of para-hydroxylation sites is 1. The summed E-state index contributed by atoms with van der Waals surface area (Å²) < 4.78 is 2.77. The molecule has 0 radical (unpaired) electrons. The zero-order chi connectivity index (χ0) is 16.6. The van der Waals surface area contributed by atoms with Gasteiger partial charge < -0.3 is 9.88 Å². The molecule has 1 aromatic carbocycles. The fourth-order valence-corrected chi connectivity index (χ4v) is 3.93. The Hall–Kier alpha value is -1.85. The van der Waals surface area contributed by atoms with Crippen molar-refractivity contribution in [3.63, 3.8) is 0 Å². The maximum atomic E-state index is 11.9. The summed E-state index contributed by atoms with van der Waals surface area (Å²) in [5.74, 6) is -0.112. The van der Waals surface area contributed by atoms with Gasteiger partial charge in [-0.15, -0.1) is 0 Å². The minimum absolute atomic E-state index is 0.112. The molecule has 1 fully saturated rings. The third-order valence-corrected chi connectivity index (χ3v) is 5.18. The van der Waals surface area contributed by atoms with Gasteiger partial charge in [0.1, 0.15) is 4.32 Å². The molecule has 2 heterocycles. The van der Waals surface area contributed by atoms with E-state index < -0.39 is 0 Å². The molecule has 5 heteroatoms. The number of nitrogens with zero attached hydrogens (tertiary/aromatic N) is 1. The van der Waals surface area contributed by atoms with Crippen LogP contribution in [0.25, 0.3) is 11.8 Å². The lowest BCUT2D eigenvalue weighted by molar-refractivity contribution is -0.115. The van der Waals surface area contributed by atoms with Gasteiger partial charge in [0.05, 0.1) is 4.91 Å². The molecule has 1 aliphatic heterocycles. The van der Waals surface area contributed by atoms with E-state index in [1.807, 2.05) is 6.08 Å². The molecule has 3 rings (SSSR count). The number of carbonyl (C=O) groups excluding carboxylic acids is 1. The average molecular weight is 342 g/mol. The number of rotatable bonds is 3. The Morgan fingerprint density at radius 3 is 2.70 bits per heavy atom. The zero-order valence-corrected chi connectivity index (χ0v) is 15.0. The number of amides is 1. The second kappa shape index (κ2) is 6.34. The minimum atomic E-state index is -0.112. The summed E-state index contributed by atoms with van der Waals surface area (Å²) in [7, 11) is 0. The van der Waals surface area contributed by atoms with Gasteiger partial charge in [-0.1, -0.05) is 49.1 Å². The van der Waals surface area contributed by atoms with Crippen LogP contribution in [0.4, 0.5) is 0 Å². The molecule has 1 aliphatic rings. The Morgan fingerprint density at radius 2 is 2.04 bits per heavy atom. The van der Waals surface area contributed by atoms with Crippen molar-refractivity contribution in [3.05, 3.63) is 57.8 Å². The van der Waals surface area contributed by atoms with Crippen LogP contribution in [-0.2, 0) is 11.2 Å². The van der Waals surface area contributed by atoms with Crippen LogP contribution in [0, 0.1) is 13.8 Å². The molecular weight excluding hydrogens is 324 g/mol. The van der Waals surface area contributed by atoms with E-state index in [0.29, 0.717) is 9.23 Å². The van der Waals surface area contributed by atoms with E-state index in [1.54, 1.807) is 0 Å². The Morgan fingerprint density at radius 1 is 1.30 bits per heavy atom. The Bertz CT molecular complexity index is 834. The fourth-order valence-electron chi connectivity index (χ4n) is 2.89. The average Bonchev–Trinajstić information content (AvgIpc) is 2.98. The van der Waals surface area contributed by atoms with Crippen molar-refractivity contribution in [2.24, 2.45) is 0 Å². The highest BCUT2D eigenvalue weighted by molar-refractivity contribution is 8.26. The van der Waals surface area contributed by atoms with Crippen LogP contribution in [-0.4, -0.2) is 14.8 Å². The van der Waals surface area contributed by atoms with Gasteiger partial charge in [0.25, 0.3) is 5.91 Å². The molecule has 118 valence electrons. The highest BCUT2D eigenvalue weighted by atomic mass is 32.2. The standard InChI is InChI=1S/C18H18N2OS2/c1-4-13-7-5-6-8-15(13)20-11(2)9-14(12(20)3)10-16-17(21)19-18(22)23-16/h5-10H,4H2,1-3H3,(H,19,21,22). The van der Waals surface area contributed by atoms with Crippen LogP contribution in [0.3, 0.4) is 0 Å². The lowest BCUT2D eigenvalue weighted by Crippen LogP contribution is -2.17. The third kappa shape index (κ3) is 2.99. The molecule has 0 unspecified atom stereocenters. The molecule has 1 amide bonds. The second-order valence-electron chi connectivity index (χ2n) is 5.50. The second-order valence-corrected chi connectivity index (χ2v) is 7.22. The van der Waals surface area contributed by atoms with E-state index >= 15 is 0 Å². The first kappa shape index (κ1) is 16.0. The van der Waals surface area contributed by atoms with Crippen molar-refractivity contribution < 1.29 is 4.79 Å². The van der Waals surface area contributed by atoms with Gasteiger partial charge in [-0.05, 0) is 49.6 Å². The Labute approximate surface area is 145 Å². The highest BCUT2D eigenvalue weighted by Gasteiger charge is 2.23. The number of aromatic nitrogens is 1. The molecule has 0 atom stereocenters. The van der Waals surface area contributed by atoms with E-state index in [-0.39, 0.29) is 5.91 Å². The number of carbonyl (C=O) groups is 1. The molecule has 1 saturated heterocycles. The van der Waals surface area contributed by atoms with Crippen LogP contribution in [0.15, 0.2) is 35.2 Å². The normalized spacial score (nSPS) is 16.2. The molecule has 2 aromatic rings. The SMILES string of the molecule is CCc1ccccc1-n1c(C)cc(C=C2SC(=S)NC2=O)c1C. The number of thioether (sulfide) groups is 1. The summed E-state index contributed by atoms with van der Waals surface area (Å²) in [6.45, 7) is 6.34. The van der Waals surface area contributed by atoms with Crippen LogP contribution in [0.5, 0.6) is 0 Å². The number of aryl methyl sites for hydroxylation is 2. The molecule has 0 bridgehead atoms. The van der Waals surface area contributed by atoms with Crippen molar-refractivity contribution >= 4 is 40.3 Å². The Balaban J connectivity index is 2.09. The lowest BCUT2D eigenvalue weighted by atomic mass is 10.1. The van der Waals surface area contributed by atoms with Crippen molar-refractivity contribution in [2.45, 2.75) is 27.2 Å². The predicted molar refractivity (Wildman–Crippen MR) is 101 cm³/mol. The number of benzene rings is 1. The van der Waals surface area contributed by atoms with E-state index in [4.69, 9.17) is 12.2 Å². The van der Waals surface area contributed by atoms with Crippen molar-refractivity contribution in [3.8, 4) is 5.69 Å². The first-order chi connectivity index (χ1) is 11.0. The van der Waals surface area contributed by atoms with E-state index in [1.165, 1.54) is 23.0 Å². The van der Waals surface area contributed by atoms with Crippen LogP contribution in [0.2, 0.25) is 0 Å². The number of nitrogens with one attached hydrogen (secondary N) is 1. The summed E-state index contributed by atoms with van der Waals surface area (Å²) in [6, 6.07) is 10.5. The van der Waals surface area contributed by atoms with Gasteiger partial charge >= 0.3 is 0 Å². The topological polar surface area (TPSA) is 34.0 Å². The van der Waals surface area contributed by atoms with Crippen molar-refractivity contribution in [1.29, 1.82) is 0 Å². The van der Waals surface area contributed by atoms with Gasteiger partial charge in [-0.25, -0.2) is 0 Å². The summed E-state index contributed by atoms with van der Waals surface area (Å²) >= 11 is 6.37. The quantitative estimate of drug-likeness (QED) is 0.672. The maximum Gasteiger partial charge on any atom is 0.263 e. The Kier molecular flexibility index (Phi) is 4.41. The fraction of sp³-hybridized carbons (Fsp3) is 0.222. The summed E-state index contributed by atoms with van der Waals surface area (Å²) in [6.07, 6.45) is 2.91. The zero-order valence-electron chi connectivity index (χ0n) is 13.3. The molecule has 23 heavy (non-hydrogen) atoms. The number of thiocarbonyl (C=S) groups is 1. The van der Waals surface area contributed by atoms with Crippen molar-refractivity contribution in [1.82, 2.24) is 9.88 Å². The summed E-state index contributed by atoms with van der Waals surface area (Å²) in [5, 5.41) is 2.66. The third-order valence-electron chi connectivity index (χ3n) is 4.01. The first-order valence-electron chi connectivity index (χ1n) is 7.53. The molecule has 0 spiro atoms. The van der Waals surface area contributed by atoms with Gasteiger partial charge in [-0.2, -0.15) is 0 Å². The van der Waals surface area contributed by atoms with Gasteiger partial charge in [0.2, 0.25) is 0 Å². The predicted octanol–water partition coefficient (Wildman–Crippen LogP) is 4.15. The smallest absolute Gasteiger partial charge is 0.263 e. The first-order valence-corrected chi connectivity index (χ1v) is 8.75. The molecule has 3 nitrogen and oxygen atoms in total. The van der Waals surface area contributed by atoms with Crippen molar-refractivity contribution in [2.75, 3.05) is 0 Å². The molecule has 1 aromatic heterocycles. The van der Waals surface area contributed by atoms with E-state index in [9.17, 15) is 4.79 Å². The monoisotopic (exact) mass is 342 g/mol. The molecule has 0 aliphatic carbocycles. The van der Waals surface area contributed by atoms with E-state index in [2.05, 4.69) is 61.0 Å². The lowest BCUT2D eigenvalue weighted by Gasteiger charge is -2.13. The number of hydrogen-bond acceptors (Lipinski definition) is 3. The van der Waals surface area contributed by atoms with Gasteiger partial charge in [0.15, 0.2) is 0 Å². The largest absolute Gasteiger partial charge is 0.318 e. The van der Waals surface area contributed by atoms with Crippen LogP contribution >= 0.6 is 24.0 Å². The number of hydrogen-bond donors (Lipinski definition) is 1. The van der Waals surface area contributed by atoms with Crippen LogP contribution < -0.4 is 5.32 Å². The maximum absolute atomic E-state index is 11.9. The minimum Gasteiger partial charge on any atom is -0.318 e. The summed E-state index contributed by atoms with van der Waals surface area (Å²) in [5.41, 5.74) is 5.84. The van der Waals surface area contributed by atoms with Gasteiger partial charge in [-0.3, -0.25) is 4.79 Å². The molecular formula is C18H18N2OS2. The highest BCUT2D eigenvalue weighted by Crippen LogP contribution is 2.30. The van der Waals surface area contributed by atoms with Gasteiger partial charge in [0, 0.05) is 17.1 Å².